The smallest absolute Gasteiger partial charge is 0.275 e. The first kappa shape index (κ1) is 16.4. The summed E-state index contributed by atoms with van der Waals surface area (Å²) in [7, 11) is 0. The maximum Gasteiger partial charge on any atom is 0.275 e. The molecule has 2 N–H and O–H groups in total. The number of carbonyl (C=O) groups is 1. The minimum atomic E-state index is -0.472. The van der Waals surface area contributed by atoms with E-state index in [1.165, 1.54) is 16.8 Å². The lowest BCUT2D eigenvalue weighted by molar-refractivity contribution is -0.109. The number of hydrogen-bond acceptors (Lipinski definition) is 3. The van der Waals surface area contributed by atoms with E-state index >= 15 is 0 Å². The molecule has 6 heteroatoms. The summed E-state index contributed by atoms with van der Waals surface area (Å²) in [5.41, 5.74) is 2.13. The summed E-state index contributed by atoms with van der Waals surface area (Å²) < 4.78 is 2.19. The SMILES string of the molecule is O=C1C=Cc2cc(Br)ccc2/C1=C/c1c(O)n(-c2ccccc2)[nH]c1=O. The molecule has 0 aliphatic heterocycles. The number of para-hydroxylation sites is 1. The van der Waals surface area contributed by atoms with Gasteiger partial charge >= 0.3 is 0 Å². The average molecular weight is 409 g/mol. The number of benzene rings is 2. The molecule has 128 valence electrons. The van der Waals surface area contributed by atoms with E-state index in [1.807, 2.05) is 24.3 Å². The Hall–Kier alpha value is -3.12. The first-order valence-electron chi connectivity index (χ1n) is 7.88. The van der Waals surface area contributed by atoms with E-state index in [9.17, 15) is 14.7 Å². The van der Waals surface area contributed by atoms with Crippen molar-refractivity contribution in [2.75, 3.05) is 0 Å². The summed E-state index contributed by atoms with van der Waals surface area (Å²) in [6, 6.07) is 14.5. The zero-order chi connectivity index (χ0) is 18.3. The first-order chi connectivity index (χ1) is 12.5. The molecule has 0 saturated carbocycles. The van der Waals surface area contributed by atoms with Gasteiger partial charge in [-0.3, -0.25) is 14.7 Å². The monoisotopic (exact) mass is 408 g/mol. The van der Waals surface area contributed by atoms with E-state index in [4.69, 9.17) is 0 Å². The number of allylic oxidation sites excluding steroid dienone is 2. The van der Waals surface area contributed by atoms with Crippen molar-refractivity contribution in [3.05, 3.63) is 86.1 Å². The number of nitrogens with zero attached hydrogens (tertiary/aromatic N) is 1. The third-order valence-electron chi connectivity index (χ3n) is 4.20. The van der Waals surface area contributed by atoms with Crippen LogP contribution in [0.2, 0.25) is 0 Å². The molecule has 5 nitrogen and oxygen atoms in total. The zero-order valence-electron chi connectivity index (χ0n) is 13.4. The lowest BCUT2D eigenvalue weighted by atomic mass is 9.90. The van der Waals surface area contributed by atoms with Gasteiger partial charge in [-0.15, -0.1) is 0 Å². The molecule has 1 aliphatic rings. The van der Waals surface area contributed by atoms with Crippen LogP contribution in [0.4, 0.5) is 0 Å². The second-order valence-electron chi connectivity index (χ2n) is 5.84. The molecule has 3 aromatic rings. The number of halogens is 1. The van der Waals surface area contributed by atoms with Crippen LogP contribution in [0.15, 0.2) is 63.9 Å². The summed E-state index contributed by atoms with van der Waals surface area (Å²) in [5, 5.41) is 13.1. The molecule has 0 atom stereocenters. The highest BCUT2D eigenvalue weighted by molar-refractivity contribution is 9.10. The van der Waals surface area contributed by atoms with Crippen molar-refractivity contribution in [2.24, 2.45) is 0 Å². The Morgan fingerprint density at radius 1 is 1.04 bits per heavy atom. The molecule has 4 rings (SSSR count). The maximum atomic E-state index is 12.4. The first-order valence-corrected chi connectivity index (χ1v) is 8.67. The lowest BCUT2D eigenvalue weighted by Gasteiger charge is -2.13. The van der Waals surface area contributed by atoms with Gasteiger partial charge in [-0.2, -0.15) is 0 Å². The van der Waals surface area contributed by atoms with Crippen LogP contribution < -0.4 is 5.56 Å². The molecule has 0 unspecified atom stereocenters. The van der Waals surface area contributed by atoms with Crippen molar-refractivity contribution in [1.29, 1.82) is 0 Å². The predicted molar refractivity (Wildman–Crippen MR) is 104 cm³/mol. The van der Waals surface area contributed by atoms with E-state index in [-0.39, 0.29) is 17.2 Å². The fourth-order valence-electron chi connectivity index (χ4n) is 2.93. The van der Waals surface area contributed by atoms with Crippen molar-refractivity contribution >= 4 is 39.4 Å². The minimum Gasteiger partial charge on any atom is -0.493 e. The highest BCUT2D eigenvalue weighted by Crippen LogP contribution is 2.31. The summed E-state index contributed by atoms with van der Waals surface area (Å²) in [6.07, 6.45) is 4.63. The fourth-order valence-corrected chi connectivity index (χ4v) is 3.31. The van der Waals surface area contributed by atoms with Crippen LogP contribution in [-0.2, 0) is 4.79 Å². The molecule has 0 amide bonds. The molecular formula is C20H13BrN2O3. The Balaban J connectivity index is 1.88. The molecule has 1 heterocycles. The van der Waals surface area contributed by atoms with Gasteiger partial charge in [-0.25, -0.2) is 4.68 Å². The summed E-state index contributed by atoms with van der Waals surface area (Å²) in [6.45, 7) is 0. The Kier molecular flexibility index (Phi) is 3.97. The number of carbonyl (C=O) groups excluding carboxylic acids is 1. The van der Waals surface area contributed by atoms with Crippen LogP contribution in [-0.4, -0.2) is 20.7 Å². The molecule has 26 heavy (non-hydrogen) atoms. The van der Waals surface area contributed by atoms with E-state index in [2.05, 4.69) is 21.0 Å². The number of nitrogens with one attached hydrogen (secondary N) is 1. The molecule has 1 aliphatic carbocycles. The lowest BCUT2D eigenvalue weighted by Crippen LogP contribution is -2.08. The third kappa shape index (κ3) is 2.74. The molecule has 0 saturated heterocycles. The second-order valence-corrected chi connectivity index (χ2v) is 6.75. The van der Waals surface area contributed by atoms with E-state index in [0.717, 1.165) is 10.0 Å². The van der Waals surface area contributed by atoms with E-state index in [1.54, 1.807) is 30.3 Å². The summed E-state index contributed by atoms with van der Waals surface area (Å²) in [5.74, 6) is -0.458. The molecule has 0 spiro atoms. The molecule has 1 aromatic heterocycles. The average Bonchev–Trinajstić information content (AvgIpc) is 2.92. The van der Waals surface area contributed by atoms with Gasteiger partial charge in [-0.1, -0.05) is 46.3 Å². The van der Waals surface area contributed by atoms with Crippen LogP contribution in [0.1, 0.15) is 16.7 Å². The normalized spacial score (nSPS) is 14.7. The van der Waals surface area contributed by atoms with Gasteiger partial charge in [0.1, 0.15) is 5.56 Å². The Morgan fingerprint density at radius 3 is 2.58 bits per heavy atom. The van der Waals surface area contributed by atoms with Crippen LogP contribution in [0.25, 0.3) is 23.4 Å². The maximum absolute atomic E-state index is 12.4. The number of hydrogen-bond donors (Lipinski definition) is 2. The van der Waals surface area contributed by atoms with Crippen molar-refractivity contribution in [1.82, 2.24) is 9.78 Å². The van der Waals surface area contributed by atoms with E-state index < -0.39 is 5.56 Å². The Bertz CT molecular complexity index is 1140. The van der Waals surface area contributed by atoms with Crippen molar-refractivity contribution in [3.8, 4) is 11.6 Å². The molecular weight excluding hydrogens is 396 g/mol. The zero-order valence-corrected chi connectivity index (χ0v) is 15.0. The van der Waals surface area contributed by atoms with Gasteiger partial charge in [0.05, 0.1) is 5.69 Å². The van der Waals surface area contributed by atoms with Gasteiger partial charge in [0.25, 0.3) is 5.56 Å². The number of aromatic nitrogens is 2. The Labute approximate surface area is 157 Å². The van der Waals surface area contributed by atoms with Crippen LogP contribution in [0, 0.1) is 0 Å². The van der Waals surface area contributed by atoms with E-state index in [0.29, 0.717) is 16.8 Å². The standard InChI is InChI=1S/C20H13BrN2O3/c21-13-7-8-15-12(10-13)6-9-18(24)16(15)11-17-19(25)22-23(20(17)26)14-4-2-1-3-5-14/h1-11,26H,(H,22,25)/b16-11-. The highest BCUT2D eigenvalue weighted by atomic mass is 79.9. The third-order valence-corrected chi connectivity index (χ3v) is 4.69. The molecule has 2 aromatic carbocycles. The second kappa shape index (κ2) is 6.31. The number of aromatic amines is 1. The van der Waals surface area contributed by atoms with Gasteiger partial charge < -0.3 is 5.11 Å². The summed E-state index contributed by atoms with van der Waals surface area (Å²) >= 11 is 3.41. The van der Waals surface area contributed by atoms with Crippen LogP contribution >= 0.6 is 15.9 Å². The van der Waals surface area contributed by atoms with Gasteiger partial charge in [0.15, 0.2) is 5.78 Å². The molecule has 0 fully saturated rings. The topological polar surface area (TPSA) is 75.1 Å². The number of aromatic hydroxyl groups is 1. The van der Waals surface area contributed by atoms with Gasteiger partial charge in [-0.05, 0) is 47.5 Å². The molecule has 0 bridgehead atoms. The number of fused-ring (bicyclic) bond motifs is 1. The Morgan fingerprint density at radius 2 is 1.81 bits per heavy atom. The predicted octanol–water partition coefficient (Wildman–Crippen LogP) is 3.77. The number of H-pyrrole nitrogens is 1. The fraction of sp³-hybridized carbons (Fsp3) is 0. The van der Waals surface area contributed by atoms with Crippen molar-refractivity contribution in [3.63, 3.8) is 0 Å². The quantitative estimate of drug-likeness (QED) is 0.633. The van der Waals surface area contributed by atoms with Crippen LogP contribution in [0.3, 0.4) is 0 Å². The number of ketones is 1. The molecule has 0 radical (unpaired) electrons. The van der Waals surface area contributed by atoms with Gasteiger partial charge in [0.2, 0.25) is 5.88 Å². The van der Waals surface area contributed by atoms with Crippen molar-refractivity contribution in [2.45, 2.75) is 0 Å². The van der Waals surface area contributed by atoms with Crippen LogP contribution in [0.5, 0.6) is 5.88 Å². The van der Waals surface area contributed by atoms with Crippen molar-refractivity contribution < 1.29 is 9.90 Å². The van der Waals surface area contributed by atoms with Gasteiger partial charge in [0, 0.05) is 10.0 Å². The largest absolute Gasteiger partial charge is 0.493 e. The summed E-state index contributed by atoms with van der Waals surface area (Å²) in [4.78, 5) is 24.7. The minimum absolute atomic E-state index is 0.0429. The highest BCUT2D eigenvalue weighted by Gasteiger charge is 2.21. The number of rotatable bonds is 2.